The van der Waals surface area contributed by atoms with Crippen LogP contribution >= 0.6 is 0 Å². The van der Waals surface area contributed by atoms with Gasteiger partial charge in [-0.05, 0) is 59.6 Å². The fraction of sp³-hybridized carbons (Fsp3) is 0.306. The molecular weight excluding hydrogens is 568 g/mol. The lowest BCUT2D eigenvalue weighted by molar-refractivity contribution is -0.142. The third kappa shape index (κ3) is 9.47. The summed E-state index contributed by atoms with van der Waals surface area (Å²) in [7, 11) is 0. The number of hydrogen-bond donors (Lipinski definition) is 2. The first-order valence-electron chi connectivity index (χ1n) is 15.3. The predicted molar refractivity (Wildman–Crippen MR) is 170 cm³/mol. The highest BCUT2D eigenvalue weighted by Crippen LogP contribution is 2.23. The van der Waals surface area contributed by atoms with E-state index in [2.05, 4.69) is 21.4 Å². The molecule has 0 radical (unpaired) electrons. The minimum atomic E-state index is -1.07. The number of benzene rings is 3. The molecule has 232 valence electrons. The molecule has 2 heterocycles. The van der Waals surface area contributed by atoms with Gasteiger partial charge in [0.15, 0.2) is 0 Å². The number of nitrogens with one attached hydrogen (secondary N) is 1. The summed E-state index contributed by atoms with van der Waals surface area (Å²) in [5.74, 6) is -0.450. The summed E-state index contributed by atoms with van der Waals surface area (Å²) in [6, 6.07) is 24.2. The van der Waals surface area contributed by atoms with Gasteiger partial charge in [-0.25, -0.2) is 14.8 Å². The second kappa shape index (κ2) is 15.6. The first-order valence-corrected chi connectivity index (χ1v) is 15.3. The van der Waals surface area contributed by atoms with Crippen LogP contribution < -0.4 is 10.1 Å². The molecule has 0 aliphatic carbocycles. The molecule has 1 aliphatic rings. The van der Waals surface area contributed by atoms with Gasteiger partial charge in [-0.15, -0.1) is 0 Å². The summed E-state index contributed by atoms with van der Waals surface area (Å²) < 4.78 is 5.81. The Bertz CT molecular complexity index is 1560. The highest BCUT2D eigenvalue weighted by Gasteiger charge is 2.26. The first kappa shape index (κ1) is 31.4. The molecule has 1 saturated heterocycles. The monoisotopic (exact) mass is 606 g/mol. The fourth-order valence-corrected chi connectivity index (χ4v) is 5.56. The summed E-state index contributed by atoms with van der Waals surface area (Å²) >= 11 is 0. The average Bonchev–Trinajstić information content (AvgIpc) is 3.08. The van der Waals surface area contributed by atoms with E-state index in [0.717, 1.165) is 27.8 Å². The number of aromatic nitrogens is 2. The quantitative estimate of drug-likeness (QED) is 0.217. The largest absolute Gasteiger partial charge is 0.489 e. The number of hydrogen-bond acceptors (Lipinski definition) is 6. The van der Waals surface area contributed by atoms with Crippen LogP contribution in [0.1, 0.15) is 42.4 Å². The van der Waals surface area contributed by atoms with Crippen molar-refractivity contribution >= 4 is 17.8 Å². The average molecular weight is 607 g/mol. The predicted octanol–water partition coefficient (Wildman–Crippen LogP) is 5.10. The van der Waals surface area contributed by atoms with Crippen molar-refractivity contribution in [1.82, 2.24) is 20.2 Å². The van der Waals surface area contributed by atoms with Crippen molar-refractivity contribution in [3.63, 3.8) is 0 Å². The second-order valence-electron chi connectivity index (χ2n) is 11.4. The van der Waals surface area contributed by atoms with Crippen LogP contribution in [0.3, 0.4) is 0 Å². The minimum absolute atomic E-state index is 0.105. The van der Waals surface area contributed by atoms with Crippen molar-refractivity contribution in [3.05, 3.63) is 114 Å². The number of ether oxygens (including phenoxy) is 1. The number of carbonyl (C=O) groups is 3. The number of nitrogens with zero attached hydrogens (tertiary/aromatic N) is 3. The van der Waals surface area contributed by atoms with Gasteiger partial charge in [0.05, 0.1) is 0 Å². The SMILES string of the molecule is O=C(CC1CCN(C(=O)CCc2cccc(-c3cncnc3)c2)CC1)NC(Cc1ccc(OCc2ccccc2)cc1)C(=O)O. The first-order chi connectivity index (χ1) is 21.9. The van der Waals surface area contributed by atoms with E-state index in [9.17, 15) is 19.5 Å². The van der Waals surface area contributed by atoms with E-state index in [1.807, 2.05) is 77.7 Å². The lowest BCUT2D eigenvalue weighted by atomic mass is 9.92. The molecule has 1 fully saturated rings. The topological polar surface area (TPSA) is 122 Å². The van der Waals surface area contributed by atoms with Crippen LogP contribution in [0.25, 0.3) is 11.1 Å². The molecule has 2 N–H and O–H groups in total. The molecule has 1 aromatic heterocycles. The van der Waals surface area contributed by atoms with Crippen LogP contribution in [-0.4, -0.2) is 56.9 Å². The normalized spacial score (nSPS) is 14.0. The Balaban J connectivity index is 1.03. The molecule has 1 atom stereocenters. The van der Waals surface area contributed by atoms with Gasteiger partial charge in [-0.3, -0.25) is 9.59 Å². The molecule has 1 aliphatic heterocycles. The Morgan fingerprint density at radius 2 is 1.58 bits per heavy atom. The summed E-state index contributed by atoms with van der Waals surface area (Å²) in [4.78, 5) is 47.7. The number of rotatable bonds is 13. The molecule has 5 rings (SSSR count). The van der Waals surface area contributed by atoms with Gasteiger partial charge in [0.2, 0.25) is 11.8 Å². The van der Waals surface area contributed by atoms with Crippen LogP contribution in [-0.2, 0) is 33.8 Å². The Morgan fingerprint density at radius 3 is 2.29 bits per heavy atom. The van der Waals surface area contributed by atoms with Crippen molar-refractivity contribution in [2.75, 3.05) is 13.1 Å². The Hall–Kier alpha value is -5.05. The zero-order valence-electron chi connectivity index (χ0n) is 25.2. The summed E-state index contributed by atoms with van der Waals surface area (Å²) in [5.41, 5.74) is 4.89. The number of carboxylic acids is 1. The van der Waals surface area contributed by atoms with Gasteiger partial charge in [0, 0.05) is 50.3 Å². The molecule has 0 bridgehead atoms. The maximum Gasteiger partial charge on any atom is 0.326 e. The second-order valence-corrected chi connectivity index (χ2v) is 11.4. The van der Waals surface area contributed by atoms with Crippen LogP contribution in [0.2, 0.25) is 0 Å². The van der Waals surface area contributed by atoms with Gasteiger partial charge in [0.1, 0.15) is 24.7 Å². The molecule has 9 heteroatoms. The molecule has 45 heavy (non-hydrogen) atoms. The molecular formula is C36H38N4O5. The van der Waals surface area contributed by atoms with Crippen molar-refractivity contribution in [2.45, 2.75) is 51.2 Å². The van der Waals surface area contributed by atoms with Crippen LogP contribution in [0.4, 0.5) is 0 Å². The number of aryl methyl sites for hydroxylation is 1. The standard InChI is InChI=1S/C36H38N4O5/c41-34(39-33(36(43)44)20-27-9-12-32(13-10-27)45-24-29-5-2-1-3-6-29)21-28-15-17-40(18-16-28)35(42)14-11-26-7-4-8-30(19-26)31-22-37-25-38-23-31/h1-10,12-13,19,22-23,25,28,33H,11,14-18,20-21,24H2,(H,39,41)(H,43,44). The van der Waals surface area contributed by atoms with E-state index < -0.39 is 12.0 Å². The molecule has 4 aromatic rings. The Kier molecular flexibility index (Phi) is 10.9. The van der Waals surface area contributed by atoms with Gasteiger partial charge < -0.3 is 20.1 Å². The molecule has 1 unspecified atom stereocenters. The molecule has 9 nitrogen and oxygen atoms in total. The van der Waals surface area contributed by atoms with Crippen LogP contribution in [0.15, 0.2) is 97.6 Å². The van der Waals surface area contributed by atoms with E-state index in [0.29, 0.717) is 51.1 Å². The van der Waals surface area contributed by atoms with E-state index in [1.165, 1.54) is 6.33 Å². The van der Waals surface area contributed by atoms with E-state index in [1.54, 1.807) is 12.4 Å². The maximum atomic E-state index is 12.9. The lowest BCUT2D eigenvalue weighted by Crippen LogP contribution is -2.44. The zero-order chi connectivity index (χ0) is 31.4. The smallest absolute Gasteiger partial charge is 0.326 e. The van der Waals surface area contributed by atoms with E-state index >= 15 is 0 Å². The third-order valence-electron chi connectivity index (χ3n) is 8.13. The number of amides is 2. The van der Waals surface area contributed by atoms with E-state index in [-0.39, 0.29) is 30.6 Å². The van der Waals surface area contributed by atoms with Crippen molar-refractivity contribution in [1.29, 1.82) is 0 Å². The maximum absolute atomic E-state index is 12.9. The van der Waals surface area contributed by atoms with Crippen LogP contribution in [0.5, 0.6) is 5.75 Å². The van der Waals surface area contributed by atoms with Gasteiger partial charge in [-0.2, -0.15) is 0 Å². The summed E-state index contributed by atoms with van der Waals surface area (Å²) in [6.07, 6.45) is 7.94. The highest BCUT2D eigenvalue weighted by molar-refractivity contribution is 5.84. The number of aliphatic carboxylic acids is 1. The van der Waals surface area contributed by atoms with Crippen LogP contribution in [0, 0.1) is 5.92 Å². The highest BCUT2D eigenvalue weighted by atomic mass is 16.5. The Morgan fingerprint density at radius 1 is 0.867 bits per heavy atom. The minimum Gasteiger partial charge on any atom is -0.489 e. The number of carbonyl (C=O) groups excluding carboxylic acids is 2. The molecule has 0 saturated carbocycles. The Labute approximate surface area is 263 Å². The molecule has 3 aromatic carbocycles. The molecule has 2 amide bonds. The van der Waals surface area contributed by atoms with Crippen molar-refractivity contribution < 1.29 is 24.2 Å². The van der Waals surface area contributed by atoms with Crippen molar-refractivity contribution in [3.8, 4) is 16.9 Å². The number of likely N-dealkylation sites (tertiary alicyclic amines) is 1. The lowest BCUT2D eigenvalue weighted by Gasteiger charge is -2.32. The third-order valence-corrected chi connectivity index (χ3v) is 8.13. The summed E-state index contributed by atoms with van der Waals surface area (Å²) in [6.45, 7) is 1.64. The van der Waals surface area contributed by atoms with Gasteiger partial charge >= 0.3 is 5.97 Å². The van der Waals surface area contributed by atoms with Gasteiger partial charge in [-0.1, -0.05) is 66.7 Å². The number of piperidine rings is 1. The van der Waals surface area contributed by atoms with Gasteiger partial charge in [0.25, 0.3) is 0 Å². The summed E-state index contributed by atoms with van der Waals surface area (Å²) in [5, 5.41) is 12.5. The number of carboxylic acid groups (broad SMARTS) is 1. The van der Waals surface area contributed by atoms with Crippen molar-refractivity contribution in [2.24, 2.45) is 5.92 Å². The zero-order valence-corrected chi connectivity index (χ0v) is 25.2. The molecule has 0 spiro atoms. The fourth-order valence-electron chi connectivity index (χ4n) is 5.56. The van der Waals surface area contributed by atoms with E-state index in [4.69, 9.17) is 4.74 Å².